The van der Waals surface area contributed by atoms with E-state index in [0.717, 1.165) is 25.0 Å². The zero-order valence-corrected chi connectivity index (χ0v) is 11.2. The third-order valence-electron chi connectivity index (χ3n) is 3.67. The molecule has 98 valence electrons. The van der Waals surface area contributed by atoms with Crippen LogP contribution in [-0.4, -0.2) is 15.1 Å². The molecule has 0 amide bonds. The standard InChI is InChI=1S/C15H15ClN2O/c16-11-6-7-13(18-9-11)15(19)12-5-1-3-10-4-2-8-17-14(10)12/h2,4,6-9,12,15,19H,1,3,5H2. The molecule has 2 aromatic heterocycles. The monoisotopic (exact) mass is 274 g/mol. The average molecular weight is 275 g/mol. The first kappa shape index (κ1) is 12.6. The summed E-state index contributed by atoms with van der Waals surface area (Å²) >= 11 is 5.83. The Kier molecular flexibility index (Phi) is 3.49. The van der Waals surface area contributed by atoms with Crippen molar-refractivity contribution in [3.05, 3.63) is 58.6 Å². The Labute approximate surface area is 117 Å². The van der Waals surface area contributed by atoms with E-state index in [9.17, 15) is 5.11 Å². The highest BCUT2D eigenvalue weighted by molar-refractivity contribution is 6.30. The van der Waals surface area contributed by atoms with Gasteiger partial charge in [-0.05, 0) is 43.0 Å². The molecule has 0 spiro atoms. The maximum atomic E-state index is 10.5. The molecule has 0 aliphatic heterocycles. The van der Waals surface area contributed by atoms with E-state index >= 15 is 0 Å². The number of halogens is 1. The minimum Gasteiger partial charge on any atom is -0.386 e. The number of hydrogen-bond donors (Lipinski definition) is 1. The molecule has 3 rings (SSSR count). The van der Waals surface area contributed by atoms with Crippen LogP contribution in [0.3, 0.4) is 0 Å². The number of nitrogens with zero attached hydrogens (tertiary/aromatic N) is 2. The molecule has 0 radical (unpaired) electrons. The van der Waals surface area contributed by atoms with Gasteiger partial charge in [0.1, 0.15) is 6.10 Å². The van der Waals surface area contributed by atoms with E-state index in [0.29, 0.717) is 10.7 Å². The fourth-order valence-electron chi connectivity index (χ4n) is 2.72. The summed E-state index contributed by atoms with van der Waals surface area (Å²) in [5, 5.41) is 11.1. The van der Waals surface area contributed by atoms with E-state index in [1.54, 1.807) is 24.5 Å². The van der Waals surface area contributed by atoms with E-state index in [2.05, 4.69) is 16.0 Å². The Balaban J connectivity index is 1.92. The van der Waals surface area contributed by atoms with Crippen molar-refractivity contribution in [2.75, 3.05) is 0 Å². The number of aliphatic hydroxyl groups is 1. The largest absolute Gasteiger partial charge is 0.386 e. The molecular formula is C15H15ClN2O. The predicted octanol–water partition coefficient (Wildman–Crippen LogP) is 3.28. The molecule has 2 aromatic rings. The van der Waals surface area contributed by atoms with Crippen LogP contribution in [0.15, 0.2) is 36.7 Å². The Morgan fingerprint density at radius 3 is 2.95 bits per heavy atom. The maximum absolute atomic E-state index is 10.5. The maximum Gasteiger partial charge on any atom is 0.104 e. The zero-order valence-electron chi connectivity index (χ0n) is 10.5. The first-order valence-corrected chi connectivity index (χ1v) is 6.87. The highest BCUT2D eigenvalue weighted by atomic mass is 35.5. The molecule has 2 unspecified atom stereocenters. The average Bonchev–Trinajstić information content (AvgIpc) is 2.47. The fraction of sp³-hybridized carbons (Fsp3) is 0.333. The number of aryl methyl sites for hydroxylation is 1. The first-order valence-electron chi connectivity index (χ1n) is 6.49. The molecule has 1 aliphatic carbocycles. The third-order valence-corrected chi connectivity index (χ3v) is 3.90. The molecule has 0 fully saturated rings. The van der Waals surface area contributed by atoms with Crippen LogP contribution in [0.25, 0.3) is 0 Å². The molecule has 1 N–H and O–H groups in total. The van der Waals surface area contributed by atoms with E-state index in [1.165, 1.54) is 5.56 Å². The van der Waals surface area contributed by atoms with Crippen LogP contribution in [0.5, 0.6) is 0 Å². The smallest absolute Gasteiger partial charge is 0.104 e. The topological polar surface area (TPSA) is 46.0 Å². The van der Waals surface area contributed by atoms with Crippen molar-refractivity contribution in [3.63, 3.8) is 0 Å². The second kappa shape index (κ2) is 5.27. The Morgan fingerprint density at radius 2 is 2.16 bits per heavy atom. The molecule has 19 heavy (non-hydrogen) atoms. The molecule has 0 aromatic carbocycles. The third kappa shape index (κ3) is 2.48. The summed E-state index contributed by atoms with van der Waals surface area (Å²) < 4.78 is 0. The molecule has 0 saturated heterocycles. The molecule has 2 atom stereocenters. The van der Waals surface area contributed by atoms with Crippen LogP contribution < -0.4 is 0 Å². The van der Waals surface area contributed by atoms with Crippen LogP contribution in [0.2, 0.25) is 5.02 Å². The lowest BCUT2D eigenvalue weighted by Crippen LogP contribution is -2.19. The second-order valence-corrected chi connectivity index (χ2v) is 5.33. The van der Waals surface area contributed by atoms with Gasteiger partial charge in [-0.1, -0.05) is 17.7 Å². The normalized spacial score (nSPS) is 19.8. The summed E-state index contributed by atoms with van der Waals surface area (Å²) in [6, 6.07) is 7.59. The van der Waals surface area contributed by atoms with Gasteiger partial charge in [-0.25, -0.2) is 0 Å². The molecule has 2 heterocycles. The van der Waals surface area contributed by atoms with Gasteiger partial charge in [0.15, 0.2) is 0 Å². The van der Waals surface area contributed by atoms with E-state index in [-0.39, 0.29) is 5.92 Å². The van der Waals surface area contributed by atoms with Gasteiger partial charge in [-0.2, -0.15) is 0 Å². The van der Waals surface area contributed by atoms with E-state index in [1.807, 2.05) is 6.07 Å². The van der Waals surface area contributed by atoms with Crippen molar-refractivity contribution < 1.29 is 5.11 Å². The summed E-state index contributed by atoms with van der Waals surface area (Å²) in [5.74, 6) is 0.0265. The van der Waals surface area contributed by atoms with Gasteiger partial charge in [-0.3, -0.25) is 9.97 Å². The summed E-state index contributed by atoms with van der Waals surface area (Å²) in [7, 11) is 0. The van der Waals surface area contributed by atoms with Crippen molar-refractivity contribution in [3.8, 4) is 0 Å². The summed E-state index contributed by atoms with van der Waals surface area (Å²) in [5.41, 5.74) is 2.91. The number of fused-ring (bicyclic) bond motifs is 1. The summed E-state index contributed by atoms with van der Waals surface area (Å²) in [6.45, 7) is 0. The van der Waals surface area contributed by atoms with E-state index < -0.39 is 6.10 Å². The predicted molar refractivity (Wildman–Crippen MR) is 74.1 cm³/mol. The van der Waals surface area contributed by atoms with Crippen LogP contribution in [0.1, 0.15) is 41.8 Å². The van der Waals surface area contributed by atoms with Crippen LogP contribution in [0, 0.1) is 0 Å². The van der Waals surface area contributed by atoms with Gasteiger partial charge in [0.25, 0.3) is 0 Å². The molecule has 0 bridgehead atoms. The Morgan fingerprint density at radius 1 is 1.26 bits per heavy atom. The number of hydrogen-bond acceptors (Lipinski definition) is 3. The minimum absolute atomic E-state index is 0.0265. The van der Waals surface area contributed by atoms with Crippen LogP contribution in [-0.2, 0) is 6.42 Å². The fourth-order valence-corrected chi connectivity index (χ4v) is 2.83. The van der Waals surface area contributed by atoms with Gasteiger partial charge in [0.2, 0.25) is 0 Å². The summed E-state index contributed by atoms with van der Waals surface area (Å²) in [6.07, 6.45) is 5.80. The molecular weight excluding hydrogens is 260 g/mol. The van der Waals surface area contributed by atoms with Crippen LogP contribution >= 0.6 is 11.6 Å². The highest BCUT2D eigenvalue weighted by Gasteiger charge is 2.29. The van der Waals surface area contributed by atoms with Crippen LogP contribution in [0.4, 0.5) is 0 Å². The SMILES string of the molecule is OC(c1ccc(Cl)cn1)C1CCCc2cccnc21. The number of aliphatic hydroxyl groups excluding tert-OH is 1. The number of aromatic nitrogens is 2. The molecule has 0 saturated carbocycles. The molecule has 1 aliphatic rings. The first-order chi connectivity index (χ1) is 9.25. The van der Waals surface area contributed by atoms with Gasteiger partial charge in [0, 0.05) is 24.0 Å². The lowest BCUT2D eigenvalue weighted by Gasteiger charge is -2.27. The van der Waals surface area contributed by atoms with Gasteiger partial charge < -0.3 is 5.11 Å². The Bertz CT molecular complexity index is 571. The number of rotatable bonds is 2. The second-order valence-electron chi connectivity index (χ2n) is 4.89. The van der Waals surface area contributed by atoms with Crippen molar-refractivity contribution in [2.45, 2.75) is 31.3 Å². The van der Waals surface area contributed by atoms with Gasteiger partial charge in [0.05, 0.1) is 10.7 Å². The van der Waals surface area contributed by atoms with Gasteiger partial charge in [-0.15, -0.1) is 0 Å². The molecule has 4 heteroatoms. The number of pyridine rings is 2. The quantitative estimate of drug-likeness (QED) is 0.914. The van der Waals surface area contributed by atoms with Crippen molar-refractivity contribution in [2.24, 2.45) is 0 Å². The highest BCUT2D eigenvalue weighted by Crippen LogP contribution is 2.38. The van der Waals surface area contributed by atoms with Gasteiger partial charge >= 0.3 is 0 Å². The lowest BCUT2D eigenvalue weighted by atomic mass is 9.82. The zero-order chi connectivity index (χ0) is 13.2. The Hall–Kier alpha value is -1.45. The van der Waals surface area contributed by atoms with Crippen molar-refractivity contribution >= 4 is 11.6 Å². The lowest BCUT2D eigenvalue weighted by molar-refractivity contribution is 0.129. The molecule has 3 nitrogen and oxygen atoms in total. The van der Waals surface area contributed by atoms with E-state index in [4.69, 9.17) is 11.6 Å². The minimum atomic E-state index is -0.619. The van der Waals surface area contributed by atoms with Crippen molar-refractivity contribution in [1.29, 1.82) is 0 Å². The van der Waals surface area contributed by atoms with Crippen molar-refractivity contribution in [1.82, 2.24) is 9.97 Å². The summed E-state index contributed by atoms with van der Waals surface area (Å²) in [4.78, 5) is 8.67.